The van der Waals surface area contributed by atoms with Gasteiger partial charge in [-0.1, -0.05) is 0 Å². The molecule has 0 unspecified atom stereocenters. The van der Waals surface area contributed by atoms with Crippen molar-refractivity contribution in [3.63, 3.8) is 0 Å². The Morgan fingerprint density at radius 2 is 2.04 bits per heavy atom. The number of benzene rings is 1. The predicted octanol–water partition coefficient (Wildman–Crippen LogP) is 1.72. The second-order valence-electron chi connectivity index (χ2n) is 5.41. The van der Waals surface area contributed by atoms with E-state index in [4.69, 9.17) is 14.6 Å². The first-order valence-electron chi connectivity index (χ1n) is 7.26. The number of aromatic carboxylic acids is 1. The second-order valence-corrected chi connectivity index (χ2v) is 5.41. The number of carbonyl (C=O) groups excluding carboxylic acids is 1. The Morgan fingerprint density at radius 3 is 2.61 bits per heavy atom. The van der Waals surface area contributed by atoms with Gasteiger partial charge in [-0.05, 0) is 43.9 Å². The van der Waals surface area contributed by atoms with Gasteiger partial charge in [-0.3, -0.25) is 4.79 Å². The number of ether oxygens (including phenoxy) is 2. The minimum Gasteiger partial charge on any atom is -0.493 e. The third kappa shape index (κ3) is 3.92. The first kappa shape index (κ1) is 16.6. The molecule has 0 aliphatic heterocycles. The van der Waals surface area contributed by atoms with Gasteiger partial charge in [-0.2, -0.15) is 5.26 Å². The van der Waals surface area contributed by atoms with Crippen LogP contribution < -0.4 is 14.8 Å². The molecular weight excluding hydrogens is 300 g/mol. The van der Waals surface area contributed by atoms with Gasteiger partial charge in [-0.25, -0.2) is 4.79 Å². The highest BCUT2D eigenvalue weighted by Crippen LogP contribution is 2.30. The Hall–Kier alpha value is -2.75. The molecule has 1 saturated carbocycles. The van der Waals surface area contributed by atoms with E-state index in [1.165, 1.54) is 25.3 Å². The van der Waals surface area contributed by atoms with Crippen molar-refractivity contribution in [2.24, 2.45) is 0 Å². The molecule has 1 aliphatic carbocycles. The van der Waals surface area contributed by atoms with E-state index in [2.05, 4.69) is 11.4 Å². The first-order chi connectivity index (χ1) is 11.0. The zero-order valence-corrected chi connectivity index (χ0v) is 12.8. The summed E-state index contributed by atoms with van der Waals surface area (Å²) in [6.07, 6.45) is 3.12. The summed E-state index contributed by atoms with van der Waals surface area (Å²) >= 11 is 0. The van der Waals surface area contributed by atoms with Crippen molar-refractivity contribution in [3.8, 4) is 17.6 Å². The highest BCUT2D eigenvalue weighted by Gasteiger charge is 2.35. The van der Waals surface area contributed by atoms with Crippen LogP contribution in [0.3, 0.4) is 0 Å². The number of carbonyl (C=O) groups is 2. The van der Waals surface area contributed by atoms with Crippen LogP contribution >= 0.6 is 0 Å². The molecule has 1 amide bonds. The number of nitriles is 1. The fraction of sp³-hybridized carbons (Fsp3) is 0.438. The second kappa shape index (κ2) is 7.01. The maximum Gasteiger partial charge on any atom is 0.335 e. The quantitative estimate of drug-likeness (QED) is 0.826. The minimum atomic E-state index is -1.08. The van der Waals surface area contributed by atoms with Crippen LogP contribution in [0.2, 0.25) is 0 Å². The number of nitrogens with zero attached hydrogens (tertiary/aromatic N) is 1. The van der Waals surface area contributed by atoms with Crippen molar-refractivity contribution in [2.75, 3.05) is 13.7 Å². The van der Waals surface area contributed by atoms with Gasteiger partial charge in [0.2, 0.25) is 0 Å². The molecule has 2 rings (SSSR count). The molecule has 0 bridgehead atoms. The lowest BCUT2D eigenvalue weighted by atomic mass is 10.00. The van der Waals surface area contributed by atoms with Gasteiger partial charge in [0.15, 0.2) is 18.1 Å². The van der Waals surface area contributed by atoms with Crippen LogP contribution in [0.25, 0.3) is 0 Å². The van der Waals surface area contributed by atoms with E-state index in [1.54, 1.807) is 0 Å². The van der Waals surface area contributed by atoms with Crippen molar-refractivity contribution in [2.45, 2.75) is 31.2 Å². The maximum atomic E-state index is 12.0. The summed E-state index contributed by atoms with van der Waals surface area (Å²) in [6.45, 7) is -0.272. The number of carboxylic acids is 1. The molecule has 122 valence electrons. The lowest BCUT2D eigenvalue weighted by Crippen LogP contribution is -2.47. The van der Waals surface area contributed by atoms with Crippen molar-refractivity contribution < 1.29 is 24.2 Å². The average molecular weight is 318 g/mol. The van der Waals surface area contributed by atoms with Crippen LogP contribution in [0, 0.1) is 11.3 Å². The van der Waals surface area contributed by atoms with Crippen LogP contribution in [0.15, 0.2) is 18.2 Å². The van der Waals surface area contributed by atoms with E-state index in [0.29, 0.717) is 12.8 Å². The summed E-state index contributed by atoms with van der Waals surface area (Å²) in [5.74, 6) is -0.971. The van der Waals surface area contributed by atoms with Crippen LogP contribution in [0.4, 0.5) is 0 Å². The fourth-order valence-electron chi connectivity index (χ4n) is 2.61. The summed E-state index contributed by atoms with van der Waals surface area (Å²) in [7, 11) is 1.39. The number of amides is 1. The smallest absolute Gasteiger partial charge is 0.335 e. The van der Waals surface area contributed by atoms with E-state index in [0.717, 1.165) is 12.8 Å². The molecule has 7 nitrogen and oxygen atoms in total. The molecule has 1 aliphatic rings. The van der Waals surface area contributed by atoms with E-state index in [-0.39, 0.29) is 23.7 Å². The van der Waals surface area contributed by atoms with E-state index in [9.17, 15) is 14.9 Å². The normalized spacial score (nSPS) is 15.5. The molecule has 0 heterocycles. The van der Waals surface area contributed by atoms with Gasteiger partial charge >= 0.3 is 5.97 Å². The molecule has 0 atom stereocenters. The molecule has 23 heavy (non-hydrogen) atoms. The summed E-state index contributed by atoms with van der Waals surface area (Å²) in [4.78, 5) is 22.9. The molecule has 0 aromatic heterocycles. The third-order valence-corrected chi connectivity index (χ3v) is 3.82. The average Bonchev–Trinajstić information content (AvgIpc) is 3.01. The lowest BCUT2D eigenvalue weighted by molar-refractivity contribution is -0.124. The highest BCUT2D eigenvalue weighted by molar-refractivity contribution is 5.88. The van der Waals surface area contributed by atoms with Crippen molar-refractivity contribution >= 4 is 11.9 Å². The Bertz CT molecular complexity index is 644. The van der Waals surface area contributed by atoms with E-state index >= 15 is 0 Å². The SMILES string of the molecule is COc1cc(C(=O)O)ccc1OCC(=O)NC1(C#N)CCCC1. The number of hydrogen-bond donors (Lipinski definition) is 2. The molecule has 1 fully saturated rings. The summed E-state index contributed by atoms with van der Waals surface area (Å²) in [6, 6.07) is 6.30. The fourth-order valence-corrected chi connectivity index (χ4v) is 2.61. The van der Waals surface area contributed by atoms with Crippen LogP contribution in [0.5, 0.6) is 11.5 Å². The molecule has 7 heteroatoms. The van der Waals surface area contributed by atoms with E-state index < -0.39 is 17.4 Å². The molecule has 0 saturated heterocycles. The first-order valence-corrected chi connectivity index (χ1v) is 7.26. The predicted molar refractivity (Wildman–Crippen MR) is 80.4 cm³/mol. The lowest BCUT2D eigenvalue weighted by Gasteiger charge is -2.22. The third-order valence-electron chi connectivity index (χ3n) is 3.82. The molecule has 0 spiro atoms. The van der Waals surface area contributed by atoms with Gasteiger partial charge in [0, 0.05) is 0 Å². The summed E-state index contributed by atoms with van der Waals surface area (Å²) in [5, 5.41) is 20.9. The molecule has 2 N–H and O–H groups in total. The Labute approximate surface area is 133 Å². The maximum absolute atomic E-state index is 12.0. The zero-order chi connectivity index (χ0) is 16.9. The topological polar surface area (TPSA) is 109 Å². The van der Waals surface area contributed by atoms with Crippen LogP contribution in [0.1, 0.15) is 36.0 Å². The Kier molecular flexibility index (Phi) is 5.06. The number of nitrogens with one attached hydrogen (secondary N) is 1. The standard InChI is InChI=1S/C16H18N2O5/c1-22-13-8-11(15(20)21)4-5-12(13)23-9-14(19)18-16(10-17)6-2-3-7-16/h4-5,8H,2-3,6-7,9H2,1H3,(H,18,19)(H,20,21). The molecule has 0 radical (unpaired) electrons. The summed E-state index contributed by atoms with van der Waals surface area (Å²) < 4.78 is 10.5. The number of rotatable bonds is 6. The van der Waals surface area contributed by atoms with Crippen molar-refractivity contribution in [3.05, 3.63) is 23.8 Å². The monoisotopic (exact) mass is 318 g/mol. The van der Waals surface area contributed by atoms with Crippen LogP contribution in [-0.4, -0.2) is 36.2 Å². The molecule has 1 aromatic carbocycles. The Morgan fingerprint density at radius 1 is 1.35 bits per heavy atom. The van der Waals surface area contributed by atoms with Gasteiger partial charge in [-0.15, -0.1) is 0 Å². The van der Waals surface area contributed by atoms with Gasteiger partial charge in [0.05, 0.1) is 18.7 Å². The molecule has 1 aromatic rings. The van der Waals surface area contributed by atoms with Gasteiger partial charge in [0.25, 0.3) is 5.91 Å². The van der Waals surface area contributed by atoms with Gasteiger partial charge in [0.1, 0.15) is 5.54 Å². The van der Waals surface area contributed by atoms with E-state index in [1.807, 2.05) is 0 Å². The van der Waals surface area contributed by atoms with Crippen molar-refractivity contribution in [1.82, 2.24) is 5.32 Å². The number of hydrogen-bond acceptors (Lipinski definition) is 5. The minimum absolute atomic E-state index is 0.0630. The van der Waals surface area contributed by atoms with Gasteiger partial charge < -0.3 is 19.9 Å². The largest absolute Gasteiger partial charge is 0.493 e. The summed E-state index contributed by atoms with van der Waals surface area (Å²) in [5.41, 5.74) is -0.731. The molecular formula is C16H18N2O5. The Balaban J connectivity index is 1.99. The zero-order valence-electron chi connectivity index (χ0n) is 12.8. The van der Waals surface area contributed by atoms with Crippen LogP contribution in [-0.2, 0) is 4.79 Å². The van der Waals surface area contributed by atoms with Crippen molar-refractivity contribution in [1.29, 1.82) is 5.26 Å². The highest BCUT2D eigenvalue weighted by atomic mass is 16.5. The number of carboxylic acid groups (broad SMARTS) is 1. The number of methoxy groups -OCH3 is 1.